The van der Waals surface area contributed by atoms with Gasteiger partial charge in [-0.05, 0) is 49.1 Å². The van der Waals surface area contributed by atoms with E-state index in [4.69, 9.17) is 0 Å². The van der Waals surface area contributed by atoms with E-state index >= 15 is 0 Å². The Labute approximate surface area is 95.9 Å². The number of rotatable bonds is 4. The number of hydrogen-bond acceptors (Lipinski definition) is 2. The van der Waals surface area contributed by atoms with E-state index in [2.05, 4.69) is 31.2 Å². The summed E-state index contributed by atoms with van der Waals surface area (Å²) in [6.45, 7) is 4.09. The molecule has 1 fully saturated rings. The molecule has 0 aliphatic heterocycles. The molecule has 15 heavy (non-hydrogen) atoms. The van der Waals surface area contributed by atoms with Crippen molar-refractivity contribution < 1.29 is 5.11 Å². The predicted octanol–water partition coefficient (Wildman–Crippen LogP) is 3.42. The molecule has 1 aromatic carbocycles. The highest BCUT2D eigenvalue weighted by Crippen LogP contribution is 2.45. The van der Waals surface area contributed by atoms with Crippen molar-refractivity contribution in [1.29, 1.82) is 0 Å². The first-order valence-corrected chi connectivity index (χ1v) is 6.59. The van der Waals surface area contributed by atoms with Crippen molar-refractivity contribution in [3.05, 3.63) is 29.8 Å². The highest BCUT2D eigenvalue weighted by molar-refractivity contribution is 7.99. The molecule has 82 valence electrons. The Kier molecular flexibility index (Phi) is 3.08. The van der Waals surface area contributed by atoms with E-state index in [0.717, 1.165) is 11.3 Å². The molecule has 1 aromatic rings. The molecule has 0 amide bonds. The summed E-state index contributed by atoms with van der Waals surface area (Å²) in [6.07, 6.45) is 2.33. The fraction of sp³-hybridized carbons (Fsp3) is 0.538. The second kappa shape index (κ2) is 4.18. The van der Waals surface area contributed by atoms with Crippen LogP contribution in [0.5, 0.6) is 0 Å². The van der Waals surface area contributed by atoms with Gasteiger partial charge >= 0.3 is 0 Å². The van der Waals surface area contributed by atoms with Crippen LogP contribution in [0.1, 0.15) is 32.3 Å². The molecule has 0 radical (unpaired) electrons. The van der Waals surface area contributed by atoms with Gasteiger partial charge in [0.25, 0.3) is 0 Å². The normalized spacial score (nSPS) is 19.9. The van der Waals surface area contributed by atoms with Crippen LogP contribution in [0, 0.1) is 5.92 Å². The second-order valence-corrected chi connectivity index (χ2v) is 5.72. The lowest BCUT2D eigenvalue weighted by molar-refractivity contribution is 0.0330. The fourth-order valence-electron chi connectivity index (χ4n) is 1.94. The monoisotopic (exact) mass is 222 g/mol. The first-order valence-electron chi connectivity index (χ1n) is 5.60. The molecule has 1 nitrogen and oxygen atoms in total. The third-order valence-electron chi connectivity index (χ3n) is 3.12. The van der Waals surface area contributed by atoms with E-state index in [1.807, 2.05) is 18.7 Å². The molecule has 0 aromatic heterocycles. The Morgan fingerprint density at radius 1 is 1.33 bits per heavy atom. The van der Waals surface area contributed by atoms with Gasteiger partial charge in [0.1, 0.15) is 0 Å². The number of thioether (sulfide) groups is 1. The Balaban J connectivity index is 2.15. The fourth-order valence-corrected chi connectivity index (χ4v) is 2.60. The summed E-state index contributed by atoms with van der Waals surface area (Å²) in [5.74, 6) is 1.57. The molecule has 0 heterocycles. The maximum absolute atomic E-state index is 10.3. The quantitative estimate of drug-likeness (QED) is 0.788. The van der Waals surface area contributed by atoms with Crippen LogP contribution in [0.25, 0.3) is 0 Å². The first-order chi connectivity index (χ1) is 7.14. The Morgan fingerprint density at radius 3 is 2.40 bits per heavy atom. The van der Waals surface area contributed by atoms with Crippen LogP contribution in [-0.2, 0) is 5.60 Å². The molecular formula is C13H18OS. The van der Waals surface area contributed by atoms with Gasteiger partial charge in [0.2, 0.25) is 0 Å². The van der Waals surface area contributed by atoms with Crippen molar-refractivity contribution in [2.24, 2.45) is 5.92 Å². The lowest BCUT2D eigenvalue weighted by Gasteiger charge is -2.23. The van der Waals surface area contributed by atoms with Gasteiger partial charge in [0.15, 0.2) is 0 Å². The lowest BCUT2D eigenvalue weighted by atomic mass is 9.91. The third kappa shape index (κ3) is 2.37. The van der Waals surface area contributed by atoms with Crippen LogP contribution in [0.15, 0.2) is 29.2 Å². The first kappa shape index (κ1) is 11.0. The zero-order chi connectivity index (χ0) is 10.9. The minimum absolute atomic E-state index is 0.474. The second-order valence-electron chi connectivity index (χ2n) is 4.38. The molecule has 1 aliphatic rings. The van der Waals surface area contributed by atoms with Crippen molar-refractivity contribution in [2.75, 3.05) is 5.75 Å². The molecule has 0 unspecified atom stereocenters. The van der Waals surface area contributed by atoms with Crippen LogP contribution in [-0.4, -0.2) is 10.9 Å². The molecule has 1 atom stereocenters. The van der Waals surface area contributed by atoms with Gasteiger partial charge in [0, 0.05) is 4.90 Å². The summed E-state index contributed by atoms with van der Waals surface area (Å²) in [7, 11) is 0. The van der Waals surface area contributed by atoms with Crippen LogP contribution in [0.4, 0.5) is 0 Å². The van der Waals surface area contributed by atoms with Gasteiger partial charge in [0.05, 0.1) is 5.60 Å². The van der Waals surface area contributed by atoms with Crippen molar-refractivity contribution in [3.8, 4) is 0 Å². The largest absolute Gasteiger partial charge is 0.385 e. The van der Waals surface area contributed by atoms with Crippen LogP contribution < -0.4 is 0 Å². The maximum atomic E-state index is 10.3. The summed E-state index contributed by atoms with van der Waals surface area (Å²) in [4.78, 5) is 1.29. The van der Waals surface area contributed by atoms with Crippen molar-refractivity contribution in [3.63, 3.8) is 0 Å². The molecule has 2 heteroatoms. The van der Waals surface area contributed by atoms with Crippen molar-refractivity contribution in [2.45, 2.75) is 37.2 Å². The number of benzene rings is 1. The molecule has 1 aliphatic carbocycles. The SMILES string of the molecule is CCSc1ccc([C@](C)(O)C2CC2)cc1. The van der Waals surface area contributed by atoms with Crippen molar-refractivity contribution >= 4 is 11.8 Å². The Hall–Kier alpha value is -0.470. The third-order valence-corrected chi connectivity index (χ3v) is 4.02. The van der Waals surface area contributed by atoms with Gasteiger partial charge < -0.3 is 5.11 Å². The molecular weight excluding hydrogens is 204 g/mol. The molecule has 2 rings (SSSR count). The molecule has 1 N–H and O–H groups in total. The van der Waals surface area contributed by atoms with Gasteiger partial charge in [-0.3, -0.25) is 0 Å². The summed E-state index contributed by atoms with van der Waals surface area (Å²) >= 11 is 1.84. The topological polar surface area (TPSA) is 20.2 Å². The van der Waals surface area contributed by atoms with E-state index in [-0.39, 0.29) is 0 Å². The highest BCUT2D eigenvalue weighted by atomic mass is 32.2. The Bertz CT molecular complexity index is 325. The average molecular weight is 222 g/mol. The van der Waals surface area contributed by atoms with Crippen LogP contribution in [0.2, 0.25) is 0 Å². The minimum atomic E-state index is -0.616. The van der Waals surface area contributed by atoms with Crippen LogP contribution in [0.3, 0.4) is 0 Å². The zero-order valence-electron chi connectivity index (χ0n) is 9.36. The number of aliphatic hydroxyl groups is 1. The van der Waals surface area contributed by atoms with E-state index in [0.29, 0.717) is 5.92 Å². The van der Waals surface area contributed by atoms with E-state index < -0.39 is 5.60 Å². The predicted molar refractivity (Wildman–Crippen MR) is 65.1 cm³/mol. The summed E-state index contributed by atoms with van der Waals surface area (Å²) in [5.41, 5.74) is 0.445. The van der Waals surface area contributed by atoms with Gasteiger partial charge in [-0.15, -0.1) is 11.8 Å². The van der Waals surface area contributed by atoms with Gasteiger partial charge in [-0.25, -0.2) is 0 Å². The summed E-state index contributed by atoms with van der Waals surface area (Å²) in [6, 6.07) is 8.35. The average Bonchev–Trinajstić information content (AvgIpc) is 3.02. The van der Waals surface area contributed by atoms with Crippen LogP contribution >= 0.6 is 11.8 Å². The summed E-state index contributed by atoms with van der Waals surface area (Å²) in [5, 5.41) is 10.3. The van der Waals surface area contributed by atoms with Gasteiger partial charge in [-0.2, -0.15) is 0 Å². The molecule has 1 saturated carbocycles. The molecule has 0 saturated heterocycles. The zero-order valence-corrected chi connectivity index (χ0v) is 10.2. The summed E-state index contributed by atoms with van der Waals surface area (Å²) < 4.78 is 0. The lowest BCUT2D eigenvalue weighted by Crippen LogP contribution is -2.23. The van der Waals surface area contributed by atoms with Crippen molar-refractivity contribution in [1.82, 2.24) is 0 Å². The smallest absolute Gasteiger partial charge is 0.0896 e. The van der Waals surface area contributed by atoms with E-state index in [1.165, 1.54) is 17.7 Å². The van der Waals surface area contributed by atoms with E-state index in [9.17, 15) is 5.11 Å². The Morgan fingerprint density at radius 2 is 1.93 bits per heavy atom. The molecule has 0 bridgehead atoms. The number of hydrogen-bond donors (Lipinski definition) is 1. The standard InChI is InChI=1S/C13H18OS/c1-3-15-12-8-6-11(7-9-12)13(2,14)10-4-5-10/h6-10,14H,3-5H2,1-2H3/t13-/m1/s1. The minimum Gasteiger partial charge on any atom is -0.385 e. The van der Waals surface area contributed by atoms with Gasteiger partial charge in [-0.1, -0.05) is 19.1 Å². The molecule has 0 spiro atoms. The highest BCUT2D eigenvalue weighted by Gasteiger charge is 2.40. The van der Waals surface area contributed by atoms with E-state index in [1.54, 1.807) is 0 Å². The maximum Gasteiger partial charge on any atom is 0.0896 e.